The Bertz CT molecular complexity index is 541. The lowest BCUT2D eigenvalue weighted by atomic mass is 10.2. The number of nitrogens with zero attached hydrogens (tertiary/aromatic N) is 1. The highest BCUT2D eigenvalue weighted by Gasteiger charge is 2.51. The van der Waals surface area contributed by atoms with E-state index in [0.29, 0.717) is 5.92 Å². The third kappa shape index (κ3) is 3.39. The molecular weight excluding hydrogens is 292 g/mol. The SMILES string of the molecule is C[C@H](NC(=O)[C@@H]1C[C@H]1C1CC1)C(=O)N1CCS(=O)(=O)CC1. The summed E-state index contributed by atoms with van der Waals surface area (Å²) in [7, 11) is -2.99. The Morgan fingerprint density at radius 3 is 2.38 bits per heavy atom. The van der Waals surface area contributed by atoms with Gasteiger partial charge in [-0.1, -0.05) is 0 Å². The minimum atomic E-state index is -2.99. The topological polar surface area (TPSA) is 83.6 Å². The van der Waals surface area contributed by atoms with Crippen LogP contribution in [0.1, 0.15) is 26.2 Å². The van der Waals surface area contributed by atoms with Crippen LogP contribution in [0.4, 0.5) is 0 Å². The first kappa shape index (κ1) is 14.8. The summed E-state index contributed by atoms with van der Waals surface area (Å²) in [6.07, 6.45) is 3.44. The van der Waals surface area contributed by atoms with Crippen LogP contribution in [-0.2, 0) is 19.4 Å². The summed E-state index contributed by atoms with van der Waals surface area (Å²) in [5.41, 5.74) is 0. The second-order valence-electron chi connectivity index (χ2n) is 6.55. The summed E-state index contributed by atoms with van der Waals surface area (Å²) in [4.78, 5) is 25.8. The molecule has 0 aromatic rings. The standard InChI is InChI=1S/C14H22N2O4S/c1-9(14(18)16-4-6-21(19,20)7-5-16)15-13(17)12-8-11(12)10-2-3-10/h9-12H,2-8H2,1H3,(H,15,17)/t9-,11-,12+/m0/s1. The van der Waals surface area contributed by atoms with Gasteiger partial charge in [-0.15, -0.1) is 0 Å². The maximum absolute atomic E-state index is 12.2. The molecule has 1 saturated heterocycles. The van der Waals surface area contributed by atoms with Crippen molar-refractivity contribution in [2.75, 3.05) is 24.6 Å². The number of hydrogen-bond donors (Lipinski definition) is 1. The van der Waals surface area contributed by atoms with Gasteiger partial charge in [-0.05, 0) is 38.0 Å². The van der Waals surface area contributed by atoms with Crippen molar-refractivity contribution in [3.8, 4) is 0 Å². The summed E-state index contributed by atoms with van der Waals surface area (Å²) in [5, 5.41) is 2.79. The van der Waals surface area contributed by atoms with Crippen molar-refractivity contribution in [1.29, 1.82) is 0 Å². The van der Waals surface area contributed by atoms with Crippen molar-refractivity contribution in [2.24, 2.45) is 17.8 Å². The first-order chi connectivity index (χ1) is 9.87. The third-order valence-electron chi connectivity index (χ3n) is 4.79. The van der Waals surface area contributed by atoms with Crippen LogP contribution in [-0.4, -0.2) is 55.8 Å². The van der Waals surface area contributed by atoms with Crippen molar-refractivity contribution in [3.05, 3.63) is 0 Å². The lowest BCUT2D eigenvalue weighted by Gasteiger charge is -2.29. The molecule has 6 nitrogen and oxygen atoms in total. The molecule has 1 aliphatic heterocycles. The summed E-state index contributed by atoms with van der Waals surface area (Å²) in [6.45, 7) is 2.14. The quantitative estimate of drug-likeness (QED) is 0.778. The Hall–Kier alpha value is -1.11. The monoisotopic (exact) mass is 314 g/mol. The zero-order valence-corrected chi connectivity index (χ0v) is 13.1. The Kier molecular flexibility index (Phi) is 3.71. The van der Waals surface area contributed by atoms with E-state index in [9.17, 15) is 18.0 Å². The molecule has 21 heavy (non-hydrogen) atoms. The zero-order chi connectivity index (χ0) is 15.2. The van der Waals surface area contributed by atoms with Gasteiger partial charge in [0.1, 0.15) is 6.04 Å². The van der Waals surface area contributed by atoms with E-state index >= 15 is 0 Å². The molecule has 2 saturated carbocycles. The summed E-state index contributed by atoms with van der Waals surface area (Å²) in [5.74, 6) is 1.21. The van der Waals surface area contributed by atoms with Gasteiger partial charge in [0.15, 0.2) is 9.84 Å². The third-order valence-corrected chi connectivity index (χ3v) is 6.40. The van der Waals surface area contributed by atoms with Crippen LogP contribution in [0.15, 0.2) is 0 Å². The maximum atomic E-state index is 12.2. The molecule has 0 unspecified atom stereocenters. The van der Waals surface area contributed by atoms with Crippen LogP contribution >= 0.6 is 0 Å². The van der Waals surface area contributed by atoms with Crippen molar-refractivity contribution in [1.82, 2.24) is 10.2 Å². The summed E-state index contributed by atoms with van der Waals surface area (Å²) < 4.78 is 22.7. The highest BCUT2D eigenvalue weighted by Crippen LogP contribution is 2.54. The smallest absolute Gasteiger partial charge is 0.244 e. The van der Waals surface area contributed by atoms with Crippen LogP contribution in [0.3, 0.4) is 0 Å². The van der Waals surface area contributed by atoms with Crippen LogP contribution in [0.25, 0.3) is 0 Å². The fourth-order valence-corrected chi connectivity index (χ4v) is 4.35. The molecule has 1 N–H and O–H groups in total. The second kappa shape index (κ2) is 5.26. The van der Waals surface area contributed by atoms with Crippen LogP contribution < -0.4 is 5.32 Å². The van der Waals surface area contributed by atoms with Gasteiger partial charge < -0.3 is 10.2 Å². The van der Waals surface area contributed by atoms with Gasteiger partial charge in [0.2, 0.25) is 11.8 Å². The largest absolute Gasteiger partial charge is 0.344 e. The van der Waals surface area contributed by atoms with Crippen molar-refractivity contribution >= 4 is 21.7 Å². The second-order valence-corrected chi connectivity index (χ2v) is 8.85. The van der Waals surface area contributed by atoms with Crippen LogP contribution in [0, 0.1) is 17.8 Å². The normalized spacial score (nSPS) is 32.3. The fourth-order valence-electron chi connectivity index (χ4n) is 3.15. The lowest BCUT2D eigenvalue weighted by Crippen LogP contribution is -2.52. The molecule has 3 fully saturated rings. The predicted octanol–water partition coefficient (Wildman–Crippen LogP) is -0.206. The van der Waals surface area contributed by atoms with E-state index in [1.54, 1.807) is 6.92 Å². The molecule has 3 rings (SSSR count). The van der Waals surface area contributed by atoms with Gasteiger partial charge in [0.05, 0.1) is 11.5 Å². The Labute approximate surface area is 125 Å². The Morgan fingerprint density at radius 1 is 1.19 bits per heavy atom. The summed E-state index contributed by atoms with van der Waals surface area (Å²) in [6, 6.07) is -0.571. The minimum Gasteiger partial charge on any atom is -0.344 e. The van der Waals surface area contributed by atoms with Crippen molar-refractivity contribution in [2.45, 2.75) is 32.2 Å². The predicted molar refractivity (Wildman–Crippen MR) is 77.2 cm³/mol. The molecule has 7 heteroatoms. The fraction of sp³-hybridized carbons (Fsp3) is 0.857. The molecule has 1 heterocycles. The van der Waals surface area contributed by atoms with E-state index < -0.39 is 15.9 Å². The number of carbonyl (C=O) groups excluding carboxylic acids is 2. The first-order valence-corrected chi connectivity index (χ1v) is 9.49. The molecule has 2 aliphatic carbocycles. The van der Waals surface area contributed by atoms with E-state index in [0.717, 1.165) is 12.3 Å². The van der Waals surface area contributed by atoms with Crippen molar-refractivity contribution in [3.63, 3.8) is 0 Å². The first-order valence-electron chi connectivity index (χ1n) is 7.67. The molecule has 2 amide bonds. The van der Waals surface area contributed by atoms with Gasteiger partial charge in [0, 0.05) is 19.0 Å². The number of carbonyl (C=O) groups is 2. The molecule has 0 aromatic heterocycles. The average Bonchev–Trinajstić information content (AvgIpc) is 3.27. The highest BCUT2D eigenvalue weighted by atomic mass is 32.2. The summed E-state index contributed by atoms with van der Waals surface area (Å²) >= 11 is 0. The molecule has 0 aromatic carbocycles. The highest BCUT2D eigenvalue weighted by molar-refractivity contribution is 7.91. The Morgan fingerprint density at radius 2 is 1.81 bits per heavy atom. The van der Waals surface area contributed by atoms with Crippen LogP contribution in [0.5, 0.6) is 0 Å². The van der Waals surface area contributed by atoms with E-state index in [2.05, 4.69) is 5.32 Å². The number of sulfone groups is 1. The number of nitrogens with one attached hydrogen (secondary N) is 1. The number of hydrogen-bond acceptors (Lipinski definition) is 4. The van der Waals surface area contributed by atoms with E-state index in [1.165, 1.54) is 17.7 Å². The van der Waals surface area contributed by atoms with Gasteiger partial charge in [-0.2, -0.15) is 0 Å². The van der Waals surface area contributed by atoms with Gasteiger partial charge in [-0.3, -0.25) is 9.59 Å². The van der Waals surface area contributed by atoms with E-state index in [1.807, 2.05) is 0 Å². The molecule has 0 spiro atoms. The minimum absolute atomic E-state index is 0.0163. The van der Waals surface area contributed by atoms with E-state index in [-0.39, 0.29) is 42.3 Å². The molecule has 118 valence electrons. The lowest BCUT2D eigenvalue weighted by molar-refractivity contribution is -0.136. The maximum Gasteiger partial charge on any atom is 0.244 e. The van der Waals surface area contributed by atoms with Crippen molar-refractivity contribution < 1.29 is 18.0 Å². The zero-order valence-electron chi connectivity index (χ0n) is 12.2. The van der Waals surface area contributed by atoms with Gasteiger partial charge in [0.25, 0.3) is 0 Å². The number of rotatable bonds is 4. The molecule has 3 aliphatic rings. The van der Waals surface area contributed by atoms with Gasteiger partial charge >= 0.3 is 0 Å². The van der Waals surface area contributed by atoms with Gasteiger partial charge in [-0.25, -0.2) is 8.42 Å². The molecule has 0 radical (unpaired) electrons. The molecular formula is C14H22N2O4S. The molecule has 0 bridgehead atoms. The average molecular weight is 314 g/mol. The number of amides is 2. The van der Waals surface area contributed by atoms with Crippen LogP contribution in [0.2, 0.25) is 0 Å². The Balaban J connectivity index is 1.47. The molecule has 3 atom stereocenters. The van der Waals surface area contributed by atoms with E-state index in [4.69, 9.17) is 0 Å².